The van der Waals surface area contributed by atoms with Crippen LogP contribution in [0.2, 0.25) is 0 Å². The van der Waals surface area contributed by atoms with Crippen molar-refractivity contribution in [2.75, 3.05) is 38.1 Å². The van der Waals surface area contributed by atoms with E-state index in [2.05, 4.69) is 20.1 Å². The van der Waals surface area contributed by atoms with Crippen molar-refractivity contribution in [3.8, 4) is 0 Å². The first kappa shape index (κ1) is 18.7. The Morgan fingerprint density at radius 1 is 1.07 bits per heavy atom. The zero-order valence-corrected chi connectivity index (χ0v) is 15.4. The highest BCUT2D eigenvalue weighted by atomic mass is 19.1. The van der Waals surface area contributed by atoms with Crippen LogP contribution in [-0.2, 0) is 6.54 Å². The molecule has 7 heteroatoms. The average molecular weight is 369 g/mol. The van der Waals surface area contributed by atoms with Crippen LogP contribution in [0.4, 0.5) is 10.1 Å². The van der Waals surface area contributed by atoms with E-state index in [1.54, 1.807) is 31.3 Å². The summed E-state index contributed by atoms with van der Waals surface area (Å²) in [6, 6.07) is 13.9. The van der Waals surface area contributed by atoms with Crippen LogP contribution in [0.25, 0.3) is 0 Å². The van der Waals surface area contributed by atoms with Crippen LogP contribution >= 0.6 is 0 Å². The SMILES string of the molecule is CNC(=O)c1ccc(CN=C(N)N2CCN(c3ccc(F)cc3)CC2)cc1. The van der Waals surface area contributed by atoms with Crippen LogP contribution in [0.3, 0.4) is 0 Å². The number of benzene rings is 2. The molecule has 6 nitrogen and oxygen atoms in total. The van der Waals surface area contributed by atoms with E-state index in [0.29, 0.717) is 18.1 Å². The molecule has 1 heterocycles. The van der Waals surface area contributed by atoms with Crippen LogP contribution < -0.4 is 16.0 Å². The number of nitrogens with one attached hydrogen (secondary N) is 1. The second kappa shape index (κ2) is 8.53. The van der Waals surface area contributed by atoms with Crippen molar-refractivity contribution in [2.45, 2.75) is 6.54 Å². The second-order valence-corrected chi connectivity index (χ2v) is 6.40. The average Bonchev–Trinajstić information content (AvgIpc) is 2.72. The first-order valence-electron chi connectivity index (χ1n) is 8.93. The Hall–Kier alpha value is -3.09. The van der Waals surface area contributed by atoms with Crippen LogP contribution in [0.1, 0.15) is 15.9 Å². The molecule has 0 aliphatic carbocycles. The minimum Gasteiger partial charge on any atom is -0.370 e. The predicted molar refractivity (Wildman–Crippen MR) is 105 cm³/mol. The fourth-order valence-electron chi connectivity index (χ4n) is 3.02. The standard InChI is InChI=1S/C20H24FN5O/c1-23-19(27)16-4-2-15(3-5-16)14-24-20(22)26-12-10-25(11-13-26)18-8-6-17(21)7-9-18/h2-9H,10-14H2,1H3,(H2,22,24)(H,23,27). The van der Waals surface area contributed by atoms with E-state index in [1.807, 2.05) is 12.1 Å². The number of hydrogen-bond acceptors (Lipinski definition) is 3. The van der Waals surface area contributed by atoms with E-state index in [1.165, 1.54) is 12.1 Å². The van der Waals surface area contributed by atoms with Crippen LogP contribution in [0.15, 0.2) is 53.5 Å². The maximum absolute atomic E-state index is 13.0. The first-order valence-corrected chi connectivity index (χ1v) is 8.93. The van der Waals surface area contributed by atoms with Gasteiger partial charge in [-0.15, -0.1) is 0 Å². The zero-order chi connectivity index (χ0) is 19.2. The number of hydrogen-bond donors (Lipinski definition) is 2. The van der Waals surface area contributed by atoms with Crippen molar-refractivity contribution in [1.29, 1.82) is 0 Å². The molecule has 2 aromatic carbocycles. The van der Waals surface area contributed by atoms with Crippen molar-refractivity contribution in [2.24, 2.45) is 10.7 Å². The van der Waals surface area contributed by atoms with E-state index in [-0.39, 0.29) is 11.7 Å². The Morgan fingerprint density at radius 2 is 1.70 bits per heavy atom. The minimum absolute atomic E-state index is 0.108. The third-order valence-corrected chi connectivity index (χ3v) is 4.66. The van der Waals surface area contributed by atoms with Crippen molar-refractivity contribution < 1.29 is 9.18 Å². The van der Waals surface area contributed by atoms with Crippen LogP contribution in [0.5, 0.6) is 0 Å². The second-order valence-electron chi connectivity index (χ2n) is 6.40. The van der Waals surface area contributed by atoms with E-state index < -0.39 is 0 Å². The summed E-state index contributed by atoms with van der Waals surface area (Å²) in [5, 5.41) is 2.60. The van der Waals surface area contributed by atoms with Gasteiger partial charge < -0.3 is 20.9 Å². The highest BCUT2D eigenvalue weighted by molar-refractivity contribution is 5.93. The lowest BCUT2D eigenvalue weighted by Crippen LogP contribution is -2.51. The molecule has 27 heavy (non-hydrogen) atoms. The molecule has 1 fully saturated rings. The van der Waals surface area contributed by atoms with Crippen LogP contribution in [-0.4, -0.2) is 50.0 Å². The van der Waals surface area contributed by atoms with Gasteiger partial charge in [0.05, 0.1) is 6.54 Å². The Labute approximate surface area is 158 Å². The lowest BCUT2D eigenvalue weighted by Gasteiger charge is -2.36. The molecule has 0 bridgehead atoms. The topological polar surface area (TPSA) is 74.0 Å². The minimum atomic E-state index is -0.225. The summed E-state index contributed by atoms with van der Waals surface area (Å²) >= 11 is 0. The maximum Gasteiger partial charge on any atom is 0.251 e. The lowest BCUT2D eigenvalue weighted by molar-refractivity contribution is 0.0963. The van der Waals surface area contributed by atoms with E-state index in [4.69, 9.17) is 5.73 Å². The third-order valence-electron chi connectivity index (χ3n) is 4.66. The molecule has 0 atom stereocenters. The first-order chi connectivity index (χ1) is 13.1. The Morgan fingerprint density at radius 3 is 2.30 bits per heavy atom. The summed E-state index contributed by atoms with van der Waals surface area (Å²) in [6.45, 7) is 3.62. The van der Waals surface area contributed by atoms with Gasteiger partial charge in [-0.3, -0.25) is 4.79 Å². The highest BCUT2D eigenvalue weighted by Gasteiger charge is 2.18. The molecule has 0 unspecified atom stereocenters. The van der Waals surface area contributed by atoms with Crippen molar-refractivity contribution in [1.82, 2.24) is 10.2 Å². The normalized spacial score (nSPS) is 15.0. The number of halogens is 1. The molecule has 0 aromatic heterocycles. The number of carbonyl (C=O) groups excluding carboxylic acids is 1. The van der Waals surface area contributed by atoms with Crippen molar-refractivity contribution in [3.63, 3.8) is 0 Å². The number of carbonyl (C=O) groups is 1. The fourth-order valence-corrected chi connectivity index (χ4v) is 3.02. The van der Waals surface area contributed by atoms with E-state index in [0.717, 1.165) is 37.4 Å². The third kappa shape index (κ3) is 4.75. The molecule has 0 radical (unpaired) electrons. The fraction of sp³-hybridized carbons (Fsp3) is 0.300. The van der Waals surface area contributed by atoms with Crippen molar-refractivity contribution in [3.05, 3.63) is 65.5 Å². The summed E-state index contributed by atoms with van der Waals surface area (Å²) in [7, 11) is 1.61. The zero-order valence-electron chi connectivity index (χ0n) is 15.4. The van der Waals surface area contributed by atoms with Gasteiger partial charge in [0.15, 0.2) is 5.96 Å². The quantitative estimate of drug-likeness (QED) is 0.637. The molecular weight excluding hydrogens is 345 g/mol. The smallest absolute Gasteiger partial charge is 0.251 e. The highest BCUT2D eigenvalue weighted by Crippen LogP contribution is 2.17. The number of piperazine rings is 1. The Balaban J connectivity index is 1.53. The number of anilines is 1. The largest absolute Gasteiger partial charge is 0.370 e. The van der Waals surface area contributed by atoms with Gasteiger partial charge in [-0.1, -0.05) is 12.1 Å². The van der Waals surface area contributed by atoms with Gasteiger partial charge in [0, 0.05) is 44.5 Å². The molecule has 3 rings (SSSR count). The van der Waals surface area contributed by atoms with Crippen LogP contribution in [0, 0.1) is 5.82 Å². The molecule has 1 aliphatic heterocycles. The number of rotatable bonds is 4. The predicted octanol–water partition coefficient (Wildman–Crippen LogP) is 1.82. The van der Waals surface area contributed by atoms with Gasteiger partial charge in [0.25, 0.3) is 5.91 Å². The van der Waals surface area contributed by atoms with Gasteiger partial charge in [-0.2, -0.15) is 0 Å². The molecule has 1 aliphatic rings. The maximum atomic E-state index is 13.0. The number of nitrogens with two attached hydrogens (primary N) is 1. The molecule has 1 saturated heterocycles. The Bertz CT molecular complexity index is 796. The molecule has 0 saturated carbocycles. The summed E-state index contributed by atoms with van der Waals surface area (Å²) in [4.78, 5) is 20.3. The number of aliphatic imine (C=N–C) groups is 1. The monoisotopic (exact) mass is 369 g/mol. The van der Waals surface area contributed by atoms with E-state index in [9.17, 15) is 9.18 Å². The molecule has 0 spiro atoms. The summed E-state index contributed by atoms with van der Waals surface area (Å²) in [5.41, 5.74) is 8.78. The van der Waals surface area contributed by atoms with Gasteiger partial charge in [-0.25, -0.2) is 9.38 Å². The van der Waals surface area contributed by atoms with Gasteiger partial charge in [0.1, 0.15) is 5.82 Å². The Kier molecular flexibility index (Phi) is 5.90. The lowest BCUT2D eigenvalue weighted by atomic mass is 10.1. The van der Waals surface area contributed by atoms with E-state index >= 15 is 0 Å². The number of guanidine groups is 1. The molecule has 3 N–H and O–H groups in total. The number of amides is 1. The molecular formula is C20H24FN5O. The number of nitrogens with zero attached hydrogens (tertiary/aromatic N) is 3. The van der Waals surface area contributed by atoms with Crippen molar-refractivity contribution >= 4 is 17.6 Å². The summed E-state index contributed by atoms with van der Waals surface area (Å²) < 4.78 is 13.0. The van der Waals surface area contributed by atoms with Gasteiger partial charge >= 0.3 is 0 Å². The molecule has 142 valence electrons. The summed E-state index contributed by atoms with van der Waals surface area (Å²) in [5.74, 6) is 0.185. The molecule has 1 amide bonds. The van der Waals surface area contributed by atoms with Gasteiger partial charge in [-0.05, 0) is 42.0 Å². The summed E-state index contributed by atoms with van der Waals surface area (Å²) in [6.07, 6.45) is 0. The van der Waals surface area contributed by atoms with Gasteiger partial charge in [0.2, 0.25) is 0 Å². The molecule has 2 aromatic rings.